The molecule has 0 radical (unpaired) electrons. The predicted molar refractivity (Wildman–Crippen MR) is 107 cm³/mol. The van der Waals surface area contributed by atoms with Gasteiger partial charge < -0.3 is 19.5 Å². The number of aliphatic hydroxyl groups is 1. The molecule has 0 aromatic heterocycles. The quantitative estimate of drug-likeness (QED) is 0.463. The monoisotopic (exact) mass is 411 g/mol. The van der Waals surface area contributed by atoms with Crippen LogP contribution in [-0.4, -0.2) is 48.1 Å². The second kappa shape index (κ2) is 8.28. The Morgan fingerprint density at radius 3 is 2.67 bits per heavy atom. The van der Waals surface area contributed by atoms with Gasteiger partial charge in [-0.05, 0) is 54.8 Å². The molecule has 0 bridgehead atoms. The van der Waals surface area contributed by atoms with E-state index in [-0.39, 0.29) is 29.5 Å². The Bertz CT molecular complexity index is 995. The second-order valence-corrected chi connectivity index (χ2v) is 7.37. The fraction of sp³-hybridized carbons (Fsp3) is 0.304. The van der Waals surface area contributed by atoms with Gasteiger partial charge in [0.15, 0.2) is 0 Å². The lowest BCUT2D eigenvalue weighted by molar-refractivity contribution is -0.140. The maximum Gasteiger partial charge on any atom is 0.295 e. The zero-order chi connectivity index (χ0) is 21.3. The standard InChI is InChI=1S/C23H22FNO5/c1-29-17-5-2-4-15(12-17)20-19(21(26)14-7-9-16(24)10-8-14)22(27)23(28)25(20)13-18-6-3-11-30-18/h2,4-5,7-10,12,18,20,26H,3,6,11,13H2,1H3/t18-,20-/m1/s1. The van der Waals surface area contributed by atoms with Crippen LogP contribution in [0.15, 0.2) is 54.1 Å². The van der Waals surface area contributed by atoms with Crippen LogP contribution in [0.2, 0.25) is 0 Å². The Hall–Kier alpha value is -3.19. The van der Waals surface area contributed by atoms with Crippen LogP contribution in [0, 0.1) is 5.82 Å². The largest absolute Gasteiger partial charge is 0.507 e. The third-order valence-electron chi connectivity index (χ3n) is 5.49. The molecule has 0 spiro atoms. The highest BCUT2D eigenvalue weighted by atomic mass is 19.1. The number of ether oxygens (including phenoxy) is 2. The third-order valence-corrected chi connectivity index (χ3v) is 5.49. The highest BCUT2D eigenvalue weighted by Crippen LogP contribution is 2.40. The van der Waals surface area contributed by atoms with Crippen molar-refractivity contribution in [2.45, 2.75) is 25.0 Å². The Morgan fingerprint density at radius 1 is 1.23 bits per heavy atom. The molecule has 2 saturated heterocycles. The van der Waals surface area contributed by atoms with Crippen molar-refractivity contribution in [1.82, 2.24) is 4.90 Å². The molecule has 6 nitrogen and oxygen atoms in total. The van der Waals surface area contributed by atoms with E-state index in [1.54, 1.807) is 24.3 Å². The average molecular weight is 411 g/mol. The molecule has 4 rings (SSSR count). The Balaban J connectivity index is 1.83. The molecule has 2 heterocycles. The average Bonchev–Trinajstić information content (AvgIpc) is 3.36. The predicted octanol–water partition coefficient (Wildman–Crippen LogP) is 3.44. The van der Waals surface area contributed by atoms with Crippen molar-refractivity contribution >= 4 is 17.4 Å². The van der Waals surface area contributed by atoms with Crippen molar-refractivity contribution in [2.24, 2.45) is 0 Å². The van der Waals surface area contributed by atoms with E-state index < -0.39 is 23.5 Å². The molecule has 2 aromatic carbocycles. The summed E-state index contributed by atoms with van der Waals surface area (Å²) in [5.41, 5.74) is 0.868. The number of methoxy groups -OCH3 is 1. The summed E-state index contributed by atoms with van der Waals surface area (Å²) in [6.45, 7) is 0.862. The Kier molecular flexibility index (Phi) is 5.55. The van der Waals surface area contributed by atoms with Crippen LogP contribution in [0.5, 0.6) is 5.75 Å². The maximum absolute atomic E-state index is 13.3. The first-order valence-corrected chi connectivity index (χ1v) is 9.79. The van der Waals surface area contributed by atoms with Crippen LogP contribution >= 0.6 is 0 Å². The van der Waals surface area contributed by atoms with Gasteiger partial charge in [-0.25, -0.2) is 4.39 Å². The van der Waals surface area contributed by atoms with E-state index in [2.05, 4.69) is 0 Å². The van der Waals surface area contributed by atoms with Gasteiger partial charge in [0.2, 0.25) is 0 Å². The third kappa shape index (κ3) is 3.68. The first kappa shape index (κ1) is 20.1. The lowest BCUT2D eigenvalue weighted by Gasteiger charge is -2.27. The minimum absolute atomic E-state index is 0.0298. The number of carbonyl (C=O) groups excluding carboxylic acids is 2. The summed E-state index contributed by atoms with van der Waals surface area (Å²) in [4.78, 5) is 27.3. The first-order valence-electron chi connectivity index (χ1n) is 9.79. The van der Waals surface area contributed by atoms with Gasteiger partial charge in [-0.2, -0.15) is 0 Å². The van der Waals surface area contributed by atoms with Crippen LogP contribution in [0.3, 0.4) is 0 Å². The highest BCUT2D eigenvalue weighted by molar-refractivity contribution is 6.46. The maximum atomic E-state index is 13.3. The number of halogens is 1. The number of aliphatic hydroxyl groups excluding tert-OH is 1. The zero-order valence-electron chi connectivity index (χ0n) is 16.5. The van der Waals surface area contributed by atoms with Gasteiger partial charge >= 0.3 is 0 Å². The van der Waals surface area contributed by atoms with Crippen LogP contribution in [-0.2, 0) is 14.3 Å². The number of hydrogen-bond donors (Lipinski definition) is 1. The molecular weight excluding hydrogens is 389 g/mol. The molecular formula is C23H22FNO5. The van der Waals surface area contributed by atoms with Crippen molar-refractivity contribution in [3.8, 4) is 5.75 Å². The van der Waals surface area contributed by atoms with Gasteiger partial charge in [-0.15, -0.1) is 0 Å². The number of hydrogen-bond acceptors (Lipinski definition) is 5. The normalized spacial score (nSPS) is 23.2. The first-order chi connectivity index (χ1) is 14.5. The molecule has 30 heavy (non-hydrogen) atoms. The number of benzene rings is 2. The lowest BCUT2D eigenvalue weighted by Crippen LogP contribution is -2.36. The summed E-state index contributed by atoms with van der Waals surface area (Å²) in [6, 6.07) is 11.4. The molecule has 0 unspecified atom stereocenters. The van der Waals surface area contributed by atoms with E-state index in [0.717, 1.165) is 12.8 Å². The molecule has 156 valence electrons. The number of nitrogens with zero attached hydrogens (tertiary/aromatic N) is 1. The smallest absolute Gasteiger partial charge is 0.295 e. The van der Waals surface area contributed by atoms with E-state index >= 15 is 0 Å². The summed E-state index contributed by atoms with van der Waals surface area (Å²) in [7, 11) is 1.53. The zero-order valence-corrected chi connectivity index (χ0v) is 16.5. The highest BCUT2D eigenvalue weighted by Gasteiger charge is 2.47. The van der Waals surface area contributed by atoms with Gasteiger partial charge in [-0.1, -0.05) is 12.1 Å². The van der Waals surface area contributed by atoms with Crippen molar-refractivity contribution in [3.05, 3.63) is 71.0 Å². The number of amides is 1. The van der Waals surface area contributed by atoms with Gasteiger partial charge in [-0.3, -0.25) is 9.59 Å². The van der Waals surface area contributed by atoms with Gasteiger partial charge in [0.1, 0.15) is 17.3 Å². The van der Waals surface area contributed by atoms with Gasteiger partial charge in [0, 0.05) is 18.7 Å². The van der Waals surface area contributed by atoms with Gasteiger partial charge in [0.25, 0.3) is 11.7 Å². The topological polar surface area (TPSA) is 76.1 Å². The van der Waals surface area contributed by atoms with Crippen molar-refractivity contribution in [3.63, 3.8) is 0 Å². The molecule has 2 aliphatic rings. The van der Waals surface area contributed by atoms with Crippen LogP contribution in [0.4, 0.5) is 4.39 Å². The fourth-order valence-corrected chi connectivity index (χ4v) is 4.00. The van der Waals surface area contributed by atoms with Crippen LogP contribution in [0.1, 0.15) is 30.0 Å². The second-order valence-electron chi connectivity index (χ2n) is 7.37. The van der Waals surface area contributed by atoms with Crippen molar-refractivity contribution in [2.75, 3.05) is 20.3 Å². The number of carbonyl (C=O) groups is 2. The molecule has 7 heteroatoms. The van der Waals surface area contributed by atoms with E-state index in [1.165, 1.54) is 36.3 Å². The molecule has 0 saturated carbocycles. The summed E-state index contributed by atoms with van der Waals surface area (Å²) in [6.07, 6.45) is 1.53. The molecule has 2 aromatic rings. The Labute approximate surface area is 173 Å². The van der Waals surface area contributed by atoms with Crippen LogP contribution < -0.4 is 4.74 Å². The minimum atomic E-state index is -0.797. The molecule has 2 fully saturated rings. The molecule has 2 aliphatic heterocycles. The number of rotatable bonds is 5. The molecule has 0 aliphatic carbocycles. The molecule has 1 N–H and O–H groups in total. The van der Waals surface area contributed by atoms with Crippen molar-refractivity contribution < 1.29 is 28.6 Å². The lowest BCUT2D eigenvalue weighted by atomic mass is 9.95. The Morgan fingerprint density at radius 2 is 2.00 bits per heavy atom. The van der Waals surface area contributed by atoms with E-state index in [4.69, 9.17) is 9.47 Å². The molecule has 1 amide bonds. The number of ketones is 1. The summed E-state index contributed by atoms with van der Waals surface area (Å²) in [5.74, 6) is -1.70. The summed E-state index contributed by atoms with van der Waals surface area (Å²) < 4.78 is 24.3. The SMILES string of the molecule is COc1cccc([C@@H]2C(=C(O)c3ccc(F)cc3)C(=O)C(=O)N2C[C@H]2CCCO2)c1. The fourth-order valence-electron chi connectivity index (χ4n) is 4.00. The van der Waals surface area contributed by atoms with E-state index in [0.29, 0.717) is 17.9 Å². The van der Waals surface area contributed by atoms with E-state index in [1.807, 2.05) is 0 Å². The van der Waals surface area contributed by atoms with Crippen molar-refractivity contribution in [1.29, 1.82) is 0 Å². The summed E-state index contributed by atoms with van der Waals surface area (Å²) >= 11 is 0. The number of likely N-dealkylation sites (tertiary alicyclic amines) is 1. The molecule has 2 atom stereocenters. The summed E-state index contributed by atoms with van der Waals surface area (Å²) in [5, 5.41) is 10.9. The van der Waals surface area contributed by atoms with Crippen LogP contribution in [0.25, 0.3) is 5.76 Å². The number of Topliss-reactive ketones (excluding diaryl/α,β-unsaturated/α-hetero) is 1. The van der Waals surface area contributed by atoms with E-state index in [9.17, 15) is 19.1 Å². The van der Waals surface area contributed by atoms with Gasteiger partial charge in [0.05, 0.1) is 24.8 Å². The minimum Gasteiger partial charge on any atom is -0.507 e.